The maximum absolute atomic E-state index is 14.4. The van der Waals surface area contributed by atoms with Crippen LogP contribution < -0.4 is 15.5 Å². The van der Waals surface area contributed by atoms with Crippen molar-refractivity contribution >= 4 is 39.7 Å². The van der Waals surface area contributed by atoms with Gasteiger partial charge in [0.2, 0.25) is 5.82 Å². The predicted molar refractivity (Wildman–Crippen MR) is 152 cm³/mol. The number of aromatic nitrogens is 5. The van der Waals surface area contributed by atoms with Gasteiger partial charge >= 0.3 is 6.18 Å². The zero-order chi connectivity index (χ0) is 28.6. The Hall–Kier alpha value is -3.58. The van der Waals surface area contributed by atoms with Crippen LogP contribution >= 0.6 is 11.3 Å². The number of rotatable bonds is 7. The molecule has 4 aromatic rings. The van der Waals surface area contributed by atoms with Crippen molar-refractivity contribution < 1.29 is 18.0 Å². The molecule has 0 unspecified atom stereocenters. The quantitative estimate of drug-likeness (QED) is 0.284. The Balaban J connectivity index is 1.43. The summed E-state index contributed by atoms with van der Waals surface area (Å²) >= 11 is 1.31. The summed E-state index contributed by atoms with van der Waals surface area (Å²) in [4.78, 5) is 24.2. The van der Waals surface area contributed by atoms with Gasteiger partial charge in [-0.3, -0.25) is 4.79 Å². The molecule has 41 heavy (non-hydrogen) atoms. The van der Waals surface area contributed by atoms with E-state index in [-0.39, 0.29) is 17.3 Å². The predicted octanol–water partition coefficient (Wildman–Crippen LogP) is 5.77. The van der Waals surface area contributed by atoms with Gasteiger partial charge in [-0.25, -0.2) is 9.97 Å². The molecule has 1 saturated heterocycles. The van der Waals surface area contributed by atoms with Crippen LogP contribution in [-0.2, 0) is 6.18 Å². The van der Waals surface area contributed by atoms with Gasteiger partial charge in [0.05, 0.1) is 29.3 Å². The number of carbonyl (C=O) groups excluding carboxylic acids is 1. The summed E-state index contributed by atoms with van der Waals surface area (Å²) in [5.74, 6) is -0.991. The minimum Gasteiger partial charge on any atom is -0.368 e. The molecule has 1 aliphatic heterocycles. The maximum Gasteiger partial charge on any atom is 0.449 e. The molecule has 6 rings (SSSR count). The van der Waals surface area contributed by atoms with Crippen LogP contribution in [0.1, 0.15) is 60.9 Å². The number of fused-ring (bicyclic) bond motifs is 1. The molecule has 2 aliphatic rings. The van der Waals surface area contributed by atoms with E-state index in [0.717, 1.165) is 37.8 Å². The highest BCUT2D eigenvalue weighted by Crippen LogP contribution is 2.44. The lowest BCUT2D eigenvalue weighted by Crippen LogP contribution is -2.39. The van der Waals surface area contributed by atoms with Crippen LogP contribution in [0.15, 0.2) is 36.0 Å². The Morgan fingerprint density at radius 3 is 2.66 bits per heavy atom. The van der Waals surface area contributed by atoms with Crippen LogP contribution in [0, 0.1) is 5.92 Å². The molecule has 2 fully saturated rings. The summed E-state index contributed by atoms with van der Waals surface area (Å²) in [6.07, 6.45) is 3.60. The fraction of sp³-hybridized carbons (Fsp3) is 0.464. The van der Waals surface area contributed by atoms with E-state index in [4.69, 9.17) is 0 Å². The Bertz CT molecular complexity index is 1530. The average Bonchev–Trinajstić information content (AvgIpc) is 3.73. The topological polar surface area (TPSA) is 101 Å². The molecule has 1 aromatic carbocycles. The van der Waals surface area contributed by atoms with Crippen molar-refractivity contribution in [1.82, 2.24) is 30.0 Å². The summed E-state index contributed by atoms with van der Waals surface area (Å²) < 4.78 is 44.5. The minimum atomic E-state index is -4.60. The van der Waals surface area contributed by atoms with E-state index < -0.39 is 17.9 Å². The molecular formula is C28H31F3N8OS. The number of benzene rings is 1. The summed E-state index contributed by atoms with van der Waals surface area (Å²) in [5, 5.41) is 16.1. The molecule has 13 heteroatoms. The van der Waals surface area contributed by atoms with Crippen LogP contribution in [0.5, 0.6) is 0 Å². The highest BCUT2D eigenvalue weighted by molar-refractivity contribution is 7.13. The van der Waals surface area contributed by atoms with Crippen LogP contribution in [0.3, 0.4) is 0 Å². The van der Waals surface area contributed by atoms with Crippen molar-refractivity contribution in [2.45, 2.75) is 50.7 Å². The van der Waals surface area contributed by atoms with E-state index >= 15 is 0 Å². The van der Waals surface area contributed by atoms with Crippen LogP contribution in [0.25, 0.3) is 21.6 Å². The molecule has 0 radical (unpaired) electrons. The Morgan fingerprint density at radius 2 is 1.93 bits per heavy atom. The van der Waals surface area contributed by atoms with Gasteiger partial charge in [0, 0.05) is 30.1 Å². The zero-order valence-corrected chi connectivity index (χ0v) is 23.4. The van der Waals surface area contributed by atoms with Crippen molar-refractivity contribution in [2.75, 3.05) is 36.9 Å². The highest BCUT2D eigenvalue weighted by atomic mass is 32.1. The van der Waals surface area contributed by atoms with E-state index in [1.807, 2.05) is 7.05 Å². The van der Waals surface area contributed by atoms with Gasteiger partial charge in [-0.1, -0.05) is 12.8 Å². The number of hydrogen-bond acceptors (Lipinski definition) is 8. The standard InChI is InChI=1S/C28H31F3N8OS/c1-32-13-17-5-4-12-38(15-17)24-20(35-25(40)21-16-41-26(36-21)18-10-11-33-34-14-18)8-9-22-23(24)37-27(28(29,30)31)39(22)19-6-2-3-7-19/h8-11,14,16-17,19,32H,2-7,12-13,15H2,1H3,(H,35,40)/t17-/m0/s1. The van der Waals surface area contributed by atoms with E-state index in [0.29, 0.717) is 53.7 Å². The number of nitrogens with zero attached hydrogens (tertiary/aromatic N) is 6. The van der Waals surface area contributed by atoms with Crippen molar-refractivity contribution in [1.29, 1.82) is 0 Å². The molecule has 0 bridgehead atoms. The monoisotopic (exact) mass is 584 g/mol. The van der Waals surface area contributed by atoms with Gasteiger partial charge in [-0.05, 0) is 63.4 Å². The molecule has 3 aromatic heterocycles. The normalized spacial score (nSPS) is 18.3. The number of anilines is 2. The van der Waals surface area contributed by atoms with E-state index in [9.17, 15) is 18.0 Å². The fourth-order valence-corrected chi connectivity index (χ4v) is 6.93. The SMILES string of the molecule is CNC[C@@H]1CCCN(c2c(NC(=O)c3csc(-c4ccnnc4)n3)ccc3c2nc(C(F)(F)F)n3C2CCCC2)C1. The number of carbonyl (C=O) groups is 1. The lowest BCUT2D eigenvalue weighted by molar-refractivity contribution is -0.147. The van der Waals surface area contributed by atoms with Crippen molar-refractivity contribution in [2.24, 2.45) is 5.92 Å². The maximum atomic E-state index is 14.4. The smallest absolute Gasteiger partial charge is 0.368 e. The molecule has 2 N–H and O–H groups in total. The second-order valence-electron chi connectivity index (χ2n) is 10.7. The highest BCUT2D eigenvalue weighted by Gasteiger charge is 2.41. The number of thiazole rings is 1. The molecule has 9 nitrogen and oxygen atoms in total. The van der Waals surface area contributed by atoms with Gasteiger partial charge < -0.3 is 20.1 Å². The number of alkyl halides is 3. The lowest BCUT2D eigenvalue weighted by atomic mass is 9.97. The second kappa shape index (κ2) is 11.4. The second-order valence-corrected chi connectivity index (χ2v) is 11.6. The third-order valence-corrected chi connectivity index (χ3v) is 8.81. The van der Waals surface area contributed by atoms with Gasteiger partial charge in [0.15, 0.2) is 0 Å². The molecule has 0 spiro atoms. The van der Waals surface area contributed by atoms with Crippen LogP contribution in [0.2, 0.25) is 0 Å². The summed E-state index contributed by atoms with van der Waals surface area (Å²) in [6, 6.07) is 4.89. The zero-order valence-electron chi connectivity index (χ0n) is 22.6. The number of nitrogens with one attached hydrogen (secondary N) is 2. The van der Waals surface area contributed by atoms with E-state index in [2.05, 4.69) is 35.7 Å². The lowest BCUT2D eigenvalue weighted by Gasteiger charge is -2.35. The third-order valence-electron chi connectivity index (χ3n) is 7.92. The van der Waals surface area contributed by atoms with Crippen LogP contribution in [-0.4, -0.2) is 57.3 Å². The summed E-state index contributed by atoms with van der Waals surface area (Å²) in [7, 11) is 1.90. The number of halogens is 3. The van der Waals surface area contributed by atoms with Gasteiger partial charge in [-0.2, -0.15) is 23.4 Å². The summed E-state index contributed by atoms with van der Waals surface area (Å²) in [6.45, 7) is 2.11. The number of amides is 1. The van der Waals surface area contributed by atoms with Crippen molar-refractivity contribution in [3.05, 3.63) is 47.5 Å². The first-order valence-electron chi connectivity index (χ1n) is 13.9. The molecule has 1 amide bonds. The molecule has 4 heterocycles. The molecule has 1 aliphatic carbocycles. The first-order valence-corrected chi connectivity index (χ1v) is 14.8. The largest absolute Gasteiger partial charge is 0.449 e. The minimum absolute atomic E-state index is 0.215. The molecule has 1 saturated carbocycles. The fourth-order valence-electron chi connectivity index (χ4n) is 6.14. The van der Waals surface area contributed by atoms with Gasteiger partial charge in [0.25, 0.3) is 5.91 Å². The van der Waals surface area contributed by atoms with Gasteiger partial charge in [-0.15, -0.1) is 11.3 Å². The van der Waals surface area contributed by atoms with Crippen LogP contribution in [0.4, 0.5) is 24.5 Å². The van der Waals surface area contributed by atoms with Crippen molar-refractivity contribution in [3.8, 4) is 10.6 Å². The average molecular weight is 585 g/mol. The molecule has 1 atom stereocenters. The molecular weight excluding hydrogens is 553 g/mol. The van der Waals surface area contributed by atoms with Crippen molar-refractivity contribution in [3.63, 3.8) is 0 Å². The Kier molecular flexibility index (Phi) is 7.64. The number of imidazole rings is 1. The summed E-state index contributed by atoms with van der Waals surface area (Å²) in [5.41, 5.74) is 2.65. The Labute approximate surface area is 239 Å². The third kappa shape index (κ3) is 5.52. The Morgan fingerprint density at radius 1 is 1.10 bits per heavy atom. The molecule has 216 valence electrons. The first-order chi connectivity index (χ1) is 19.8. The van der Waals surface area contributed by atoms with E-state index in [1.165, 1.54) is 15.9 Å². The van der Waals surface area contributed by atoms with E-state index in [1.54, 1.807) is 36.0 Å². The number of piperidine rings is 1. The number of hydrogen-bond donors (Lipinski definition) is 2. The van der Waals surface area contributed by atoms with Gasteiger partial charge in [0.1, 0.15) is 16.2 Å². The first kappa shape index (κ1) is 27.6.